The molecule has 116 valence electrons. The molecule has 2 N–H and O–H groups in total. The molecule has 22 heavy (non-hydrogen) atoms. The Balaban J connectivity index is 2.11. The molecule has 7 nitrogen and oxygen atoms in total. The van der Waals surface area contributed by atoms with E-state index in [4.69, 9.17) is 5.11 Å². The van der Waals surface area contributed by atoms with Crippen LogP contribution in [-0.2, 0) is 4.79 Å². The van der Waals surface area contributed by atoms with Crippen molar-refractivity contribution < 1.29 is 19.6 Å². The van der Waals surface area contributed by atoms with Gasteiger partial charge in [-0.15, -0.1) is 11.3 Å². The third kappa shape index (κ3) is 3.79. The summed E-state index contributed by atoms with van der Waals surface area (Å²) >= 11 is 1.24. The monoisotopic (exact) mass is 322 g/mol. The number of hydrogen-bond donors (Lipinski definition) is 2. The van der Waals surface area contributed by atoms with E-state index in [2.05, 4.69) is 5.32 Å². The highest BCUT2D eigenvalue weighted by atomic mass is 32.1. The maximum atomic E-state index is 12.1. The van der Waals surface area contributed by atoms with Crippen molar-refractivity contribution in [3.63, 3.8) is 0 Å². The van der Waals surface area contributed by atoms with Gasteiger partial charge in [-0.3, -0.25) is 19.7 Å². The molecule has 1 aromatic carbocycles. The van der Waals surface area contributed by atoms with Crippen LogP contribution in [0, 0.1) is 10.1 Å². The SMILES string of the molecule is CC(CCC(=O)O)NC(=O)c1cc2cc([N+](=O)[O-])ccc2s1. The zero-order valence-electron chi connectivity index (χ0n) is 11.7. The van der Waals surface area contributed by atoms with E-state index >= 15 is 0 Å². The van der Waals surface area contributed by atoms with Crippen LogP contribution in [0.25, 0.3) is 10.1 Å². The van der Waals surface area contributed by atoms with Gasteiger partial charge in [0.25, 0.3) is 11.6 Å². The number of rotatable bonds is 6. The Kier molecular flexibility index (Phi) is 4.71. The molecule has 2 rings (SSSR count). The molecule has 0 bridgehead atoms. The molecular formula is C14H14N2O5S. The minimum absolute atomic E-state index is 0.0138. The number of nitro groups is 1. The Labute approximate surface area is 129 Å². The minimum Gasteiger partial charge on any atom is -0.481 e. The van der Waals surface area contributed by atoms with Gasteiger partial charge in [0.05, 0.1) is 9.80 Å². The zero-order valence-corrected chi connectivity index (χ0v) is 12.6. The smallest absolute Gasteiger partial charge is 0.303 e. The van der Waals surface area contributed by atoms with Gasteiger partial charge in [0.2, 0.25) is 0 Å². The lowest BCUT2D eigenvalue weighted by molar-refractivity contribution is -0.384. The molecule has 1 atom stereocenters. The third-order valence-corrected chi connectivity index (χ3v) is 4.22. The molecule has 0 saturated carbocycles. The van der Waals surface area contributed by atoms with E-state index in [9.17, 15) is 19.7 Å². The van der Waals surface area contributed by atoms with E-state index in [1.807, 2.05) is 0 Å². The maximum Gasteiger partial charge on any atom is 0.303 e. The normalized spacial score (nSPS) is 12.0. The molecule has 0 saturated heterocycles. The van der Waals surface area contributed by atoms with Crippen LogP contribution < -0.4 is 5.32 Å². The molecule has 1 amide bonds. The Hall–Kier alpha value is -2.48. The molecule has 1 aromatic heterocycles. The number of benzene rings is 1. The summed E-state index contributed by atoms with van der Waals surface area (Å²) in [6.45, 7) is 1.74. The highest BCUT2D eigenvalue weighted by Crippen LogP contribution is 2.28. The average Bonchev–Trinajstić information content (AvgIpc) is 2.88. The highest BCUT2D eigenvalue weighted by Gasteiger charge is 2.15. The van der Waals surface area contributed by atoms with Crippen LogP contribution >= 0.6 is 11.3 Å². The van der Waals surface area contributed by atoms with E-state index in [0.29, 0.717) is 16.7 Å². The van der Waals surface area contributed by atoms with Gasteiger partial charge >= 0.3 is 5.97 Å². The number of carbonyl (C=O) groups is 2. The van der Waals surface area contributed by atoms with E-state index in [1.165, 1.54) is 23.5 Å². The van der Waals surface area contributed by atoms with Gasteiger partial charge in [-0.1, -0.05) is 0 Å². The number of thiophene rings is 1. The van der Waals surface area contributed by atoms with Crippen LogP contribution in [-0.4, -0.2) is 27.9 Å². The summed E-state index contributed by atoms with van der Waals surface area (Å²) in [5, 5.41) is 22.7. The molecule has 1 heterocycles. The summed E-state index contributed by atoms with van der Waals surface area (Å²) in [7, 11) is 0. The van der Waals surface area contributed by atoms with Gasteiger partial charge in [-0.05, 0) is 25.5 Å². The second-order valence-corrected chi connectivity index (χ2v) is 5.98. The molecule has 0 aliphatic heterocycles. The van der Waals surface area contributed by atoms with Crippen molar-refractivity contribution in [2.45, 2.75) is 25.8 Å². The van der Waals surface area contributed by atoms with E-state index < -0.39 is 10.9 Å². The third-order valence-electron chi connectivity index (χ3n) is 3.10. The number of amides is 1. The first-order valence-corrected chi connectivity index (χ1v) is 7.39. The number of fused-ring (bicyclic) bond motifs is 1. The standard InChI is InChI=1S/C14H14N2O5S/c1-8(2-5-13(17)18)15-14(19)12-7-9-6-10(16(20)21)3-4-11(9)22-12/h3-4,6-8H,2,5H2,1H3,(H,15,19)(H,17,18). The number of carboxylic acid groups (broad SMARTS) is 1. The predicted molar refractivity (Wildman–Crippen MR) is 82.3 cm³/mol. The lowest BCUT2D eigenvalue weighted by Gasteiger charge is -2.11. The van der Waals surface area contributed by atoms with Gasteiger partial charge in [0.15, 0.2) is 0 Å². The van der Waals surface area contributed by atoms with Gasteiger partial charge in [-0.25, -0.2) is 0 Å². The van der Waals surface area contributed by atoms with E-state index in [0.717, 1.165) is 4.70 Å². The van der Waals surface area contributed by atoms with Gasteiger partial charge in [0.1, 0.15) is 0 Å². The Bertz CT molecular complexity index is 740. The van der Waals surface area contributed by atoms with Crippen LogP contribution in [0.2, 0.25) is 0 Å². The number of carboxylic acids is 1. The summed E-state index contributed by atoms with van der Waals surface area (Å²) in [6, 6.07) is 5.78. The van der Waals surface area contributed by atoms with Gasteiger partial charge < -0.3 is 10.4 Å². The largest absolute Gasteiger partial charge is 0.481 e. The Morgan fingerprint density at radius 2 is 2.14 bits per heavy atom. The van der Waals surface area contributed by atoms with Gasteiger partial charge in [-0.2, -0.15) is 0 Å². The first-order valence-electron chi connectivity index (χ1n) is 6.57. The predicted octanol–water partition coefficient (Wildman–Crippen LogP) is 2.79. The highest BCUT2D eigenvalue weighted by molar-refractivity contribution is 7.20. The Morgan fingerprint density at radius 3 is 2.77 bits per heavy atom. The van der Waals surface area contributed by atoms with Crippen molar-refractivity contribution in [2.24, 2.45) is 0 Å². The number of hydrogen-bond acceptors (Lipinski definition) is 5. The van der Waals surface area contributed by atoms with Crippen molar-refractivity contribution >= 4 is 39.0 Å². The first-order chi connectivity index (χ1) is 10.4. The quantitative estimate of drug-likeness (QED) is 0.627. The molecule has 1 unspecified atom stereocenters. The fraction of sp³-hybridized carbons (Fsp3) is 0.286. The topological polar surface area (TPSA) is 110 Å². The molecule has 0 aliphatic carbocycles. The number of carbonyl (C=O) groups excluding carboxylic acids is 1. The average molecular weight is 322 g/mol. The van der Waals surface area contributed by atoms with Crippen LogP contribution in [0.5, 0.6) is 0 Å². The lowest BCUT2D eigenvalue weighted by atomic mass is 10.2. The number of nitrogens with one attached hydrogen (secondary N) is 1. The van der Waals surface area contributed by atoms with Crippen molar-refractivity contribution in [3.05, 3.63) is 39.3 Å². The lowest BCUT2D eigenvalue weighted by Crippen LogP contribution is -2.32. The molecule has 2 aromatic rings. The van der Waals surface area contributed by atoms with Crippen molar-refractivity contribution in [2.75, 3.05) is 0 Å². The summed E-state index contributed by atoms with van der Waals surface area (Å²) in [5.41, 5.74) is -0.0212. The summed E-state index contributed by atoms with van der Waals surface area (Å²) in [6.07, 6.45) is 0.331. The van der Waals surface area contributed by atoms with E-state index in [1.54, 1.807) is 19.1 Å². The molecule has 0 spiro atoms. The molecular weight excluding hydrogens is 308 g/mol. The number of non-ortho nitro benzene ring substituents is 1. The fourth-order valence-electron chi connectivity index (χ4n) is 1.96. The van der Waals surface area contributed by atoms with Crippen LogP contribution in [0.15, 0.2) is 24.3 Å². The molecule has 0 fully saturated rings. The van der Waals surface area contributed by atoms with E-state index in [-0.39, 0.29) is 24.1 Å². The van der Waals surface area contributed by atoms with Crippen LogP contribution in [0.4, 0.5) is 5.69 Å². The van der Waals surface area contributed by atoms with Crippen LogP contribution in [0.1, 0.15) is 29.4 Å². The summed E-state index contributed by atoms with van der Waals surface area (Å²) in [5.74, 6) is -1.21. The van der Waals surface area contributed by atoms with Crippen molar-refractivity contribution in [1.29, 1.82) is 0 Å². The Morgan fingerprint density at radius 1 is 1.41 bits per heavy atom. The number of aliphatic carboxylic acids is 1. The minimum atomic E-state index is -0.907. The molecule has 0 aliphatic rings. The first kappa shape index (κ1) is 15.9. The number of nitro benzene ring substituents is 1. The molecule has 0 radical (unpaired) electrons. The number of nitrogens with zero attached hydrogens (tertiary/aromatic N) is 1. The second kappa shape index (κ2) is 6.52. The maximum absolute atomic E-state index is 12.1. The van der Waals surface area contributed by atoms with Crippen molar-refractivity contribution in [3.8, 4) is 0 Å². The van der Waals surface area contributed by atoms with Crippen LogP contribution in [0.3, 0.4) is 0 Å². The summed E-state index contributed by atoms with van der Waals surface area (Å²) < 4.78 is 0.786. The fourth-order valence-corrected chi connectivity index (χ4v) is 2.91. The second-order valence-electron chi connectivity index (χ2n) is 4.90. The summed E-state index contributed by atoms with van der Waals surface area (Å²) in [4.78, 5) is 33.3. The van der Waals surface area contributed by atoms with Crippen molar-refractivity contribution in [1.82, 2.24) is 5.32 Å². The molecule has 8 heteroatoms. The zero-order chi connectivity index (χ0) is 16.3. The van der Waals surface area contributed by atoms with Gasteiger partial charge in [0, 0.05) is 34.7 Å².